The van der Waals surface area contributed by atoms with Gasteiger partial charge in [-0.25, -0.2) is 4.98 Å². The first-order valence-electron chi connectivity index (χ1n) is 5.09. The van der Waals surface area contributed by atoms with Crippen molar-refractivity contribution in [3.8, 4) is 17.2 Å². The number of nitrogens with zero attached hydrogens (tertiary/aromatic N) is 2. The van der Waals surface area contributed by atoms with Crippen molar-refractivity contribution in [3.63, 3.8) is 0 Å². The smallest absolute Gasteiger partial charge is 0.137 e. The maximum atomic E-state index is 8.82. The molecule has 0 bridgehead atoms. The van der Waals surface area contributed by atoms with Crippen LogP contribution in [0.1, 0.15) is 5.56 Å². The van der Waals surface area contributed by atoms with Gasteiger partial charge in [0, 0.05) is 11.8 Å². The molecule has 0 aliphatic carbocycles. The molecular formula is C13H7Cl3N2. The predicted molar refractivity (Wildman–Crippen MR) is 74.0 cm³/mol. The number of benzene rings is 1. The second kappa shape index (κ2) is 5.58. The second-order valence-corrected chi connectivity index (χ2v) is 4.77. The van der Waals surface area contributed by atoms with Crippen LogP contribution < -0.4 is 0 Å². The second-order valence-electron chi connectivity index (χ2n) is 3.60. The molecule has 0 saturated carbocycles. The molecule has 90 valence electrons. The van der Waals surface area contributed by atoms with Crippen LogP contribution in [0, 0.1) is 11.3 Å². The van der Waals surface area contributed by atoms with Gasteiger partial charge in [0.2, 0.25) is 0 Å². The first-order chi connectivity index (χ1) is 8.63. The Kier molecular flexibility index (Phi) is 4.08. The highest BCUT2D eigenvalue weighted by atomic mass is 35.5. The van der Waals surface area contributed by atoms with Gasteiger partial charge in [-0.1, -0.05) is 40.9 Å². The van der Waals surface area contributed by atoms with Crippen molar-refractivity contribution in [2.24, 2.45) is 0 Å². The third kappa shape index (κ3) is 2.59. The summed E-state index contributed by atoms with van der Waals surface area (Å²) >= 11 is 18.0. The number of halogens is 3. The summed E-state index contributed by atoms with van der Waals surface area (Å²) in [6.45, 7) is 0. The minimum atomic E-state index is 0.262. The molecule has 1 heterocycles. The Morgan fingerprint density at radius 3 is 2.56 bits per heavy atom. The summed E-state index contributed by atoms with van der Waals surface area (Å²) in [5, 5.41) is 10.1. The van der Waals surface area contributed by atoms with E-state index in [9.17, 15) is 0 Å². The van der Waals surface area contributed by atoms with Crippen LogP contribution in [0.25, 0.3) is 11.1 Å². The van der Waals surface area contributed by atoms with E-state index in [4.69, 9.17) is 40.1 Å². The minimum Gasteiger partial charge on any atom is -0.244 e. The largest absolute Gasteiger partial charge is 0.244 e. The van der Waals surface area contributed by atoms with Crippen molar-refractivity contribution in [3.05, 3.63) is 51.2 Å². The van der Waals surface area contributed by atoms with Crippen molar-refractivity contribution in [1.82, 2.24) is 4.98 Å². The van der Waals surface area contributed by atoms with Crippen molar-refractivity contribution in [2.75, 3.05) is 0 Å². The fourth-order valence-electron chi connectivity index (χ4n) is 1.66. The standard InChI is InChI=1S/C13H7Cl3N2/c14-10-2-1-9(7-11(10)15)12-8(3-5-17)4-6-18-13(12)16/h1-2,4,6-7H,3H2. The quantitative estimate of drug-likeness (QED) is 0.748. The van der Waals surface area contributed by atoms with E-state index < -0.39 is 0 Å². The van der Waals surface area contributed by atoms with E-state index in [1.54, 1.807) is 30.5 Å². The summed E-state index contributed by atoms with van der Waals surface area (Å²) < 4.78 is 0. The molecule has 2 aromatic rings. The third-order valence-corrected chi connectivity index (χ3v) is 3.49. The topological polar surface area (TPSA) is 36.7 Å². The molecule has 0 spiro atoms. The molecule has 0 aliphatic heterocycles. The summed E-state index contributed by atoms with van der Waals surface area (Å²) in [6.07, 6.45) is 1.84. The van der Waals surface area contributed by atoms with Crippen LogP contribution in [0.2, 0.25) is 15.2 Å². The first kappa shape index (κ1) is 13.2. The van der Waals surface area contributed by atoms with E-state index in [-0.39, 0.29) is 6.42 Å². The van der Waals surface area contributed by atoms with E-state index in [2.05, 4.69) is 11.1 Å². The van der Waals surface area contributed by atoms with Gasteiger partial charge in [0.05, 0.1) is 22.5 Å². The van der Waals surface area contributed by atoms with Gasteiger partial charge in [-0.15, -0.1) is 0 Å². The Morgan fingerprint density at radius 2 is 1.89 bits per heavy atom. The zero-order valence-electron chi connectivity index (χ0n) is 9.12. The zero-order chi connectivity index (χ0) is 13.1. The summed E-state index contributed by atoms with van der Waals surface area (Å²) in [4.78, 5) is 4.03. The fraction of sp³-hybridized carbons (Fsp3) is 0.0769. The third-order valence-electron chi connectivity index (χ3n) is 2.47. The SMILES string of the molecule is N#CCc1ccnc(Cl)c1-c1ccc(Cl)c(Cl)c1. The van der Waals surface area contributed by atoms with Crippen molar-refractivity contribution in [2.45, 2.75) is 6.42 Å². The molecule has 0 N–H and O–H groups in total. The number of pyridine rings is 1. The molecule has 0 saturated heterocycles. The molecule has 1 aromatic carbocycles. The van der Waals surface area contributed by atoms with Gasteiger partial charge in [-0.05, 0) is 29.3 Å². The summed E-state index contributed by atoms with van der Waals surface area (Å²) in [5.74, 6) is 0. The minimum absolute atomic E-state index is 0.262. The lowest BCUT2D eigenvalue weighted by atomic mass is 10.0. The van der Waals surface area contributed by atoms with Crippen LogP contribution in [0.4, 0.5) is 0 Å². The summed E-state index contributed by atoms with van der Waals surface area (Å²) in [5.41, 5.74) is 2.34. The predicted octanol–water partition coefficient (Wildman–Crippen LogP) is 4.77. The maximum Gasteiger partial charge on any atom is 0.137 e. The fourth-order valence-corrected chi connectivity index (χ4v) is 2.25. The highest BCUT2D eigenvalue weighted by Gasteiger charge is 2.11. The van der Waals surface area contributed by atoms with Gasteiger partial charge in [0.15, 0.2) is 0 Å². The van der Waals surface area contributed by atoms with E-state index in [0.717, 1.165) is 16.7 Å². The van der Waals surface area contributed by atoms with Gasteiger partial charge in [-0.3, -0.25) is 0 Å². The van der Waals surface area contributed by atoms with Crippen LogP contribution in [-0.4, -0.2) is 4.98 Å². The normalized spacial score (nSPS) is 10.1. The number of hydrogen-bond acceptors (Lipinski definition) is 2. The number of nitriles is 1. The lowest BCUT2D eigenvalue weighted by molar-refractivity contribution is 1.21. The molecular weight excluding hydrogens is 291 g/mol. The van der Waals surface area contributed by atoms with E-state index in [1.807, 2.05) is 0 Å². The Balaban J connectivity index is 2.62. The average Bonchev–Trinajstić information content (AvgIpc) is 2.34. The van der Waals surface area contributed by atoms with Gasteiger partial charge >= 0.3 is 0 Å². The molecule has 2 nitrogen and oxygen atoms in total. The Bertz CT molecular complexity index is 633. The van der Waals surface area contributed by atoms with Crippen molar-refractivity contribution >= 4 is 34.8 Å². The molecule has 0 radical (unpaired) electrons. The number of rotatable bonds is 2. The van der Waals surface area contributed by atoms with E-state index in [0.29, 0.717) is 15.2 Å². The number of aromatic nitrogens is 1. The molecule has 0 unspecified atom stereocenters. The molecule has 5 heteroatoms. The highest BCUT2D eigenvalue weighted by molar-refractivity contribution is 6.42. The summed E-state index contributed by atoms with van der Waals surface area (Å²) in [7, 11) is 0. The van der Waals surface area contributed by atoms with Crippen molar-refractivity contribution < 1.29 is 0 Å². The summed E-state index contributed by atoms with van der Waals surface area (Å²) in [6, 6.07) is 9.09. The lowest BCUT2D eigenvalue weighted by Crippen LogP contribution is -1.92. The van der Waals surface area contributed by atoms with E-state index >= 15 is 0 Å². The zero-order valence-corrected chi connectivity index (χ0v) is 11.4. The van der Waals surface area contributed by atoms with Gasteiger partial charge < -0.3 is 0 Å². The molecule has 0 fully saturated rings. The highest BCUT2D eigenvalue weighted by Crippen LogP contribution is 2.34. The lowest BCUT2D eigenvalue weighted by Gasteiger charge is -2.09. The van der Waals surface area contributed by atoms with Crippen LogP contribution in [0.5, 0.6) is 0 Å². The Morgan fingerprint density at radius 1 is 1.11 bits per heavy atom. The molecule has 2 rings (SSSR count). The Labute approximate surface area is 120 Å². The number of hydrogen-bond donors (Lipinski definition) is 0. The van der Waals surface area contributed by atoms with Gasteiger partial charge in [0.1, 0.15) is 5.15 Å². The molecule has 0 amide bonds. The van der Waals surface area contributed by atoms with E-state index in [1.165, 1.54) is 0 Å². The van der Waals surface area contributed by atoms with Crippen LogP contribution in [0.3, 0.4) is 0 Å². The molecule has 1 aromatic heterocycles. The van der Waals surface area contributed by atoms with Gasteiger partial charge in [0.25, 0.3) is 0 Å². The van der Waals surface area contributed by atoms with Crippen LogP contribution >= 0.6 is 34.8 Å². The maximum absolute atomic E-state index is 8.82. The van der Waals surface area contributed by atoms with Gasteiger partial charge in [-0.2, -0.15) is 5.26 Å². The van der Waals surface area contributed by atoms with Crippen LogP contribution in [-0.2, 0) is 6.42 Å². The Hall–Kier alpha value is -1.27. The van der Waals surface area contributed by atoms with Crippen molar-refractivity contribution in [1.29, 1.82) is 5.26 Å². The first-order valence-corrected chi connectivity index (χ1v) is 6.22. The monoisotopic (exact) mass is 296 g/mol. The molecule has 0 aliphatic rings. The molecule has 0 atom stereocenters. The molecule has 18 heavy (non-hydrogen) atoms. The van der Waals surface area contributed by atoms with Crippen LogP contribution in [0.15, 0.2) is 30.5 Å². The average molecular weight is 298 g/mol.